The van der Waals surface area contributed by atoms with Gasteiger partial charge in [-0.1, -0.05) is 0 Å². The Morgan fingerprint density at radius 1 is 1.41 bits per heavy atom. The fourth-order valence-corrected chi connectivity index (χ4v) is 2.63. The fraction of sp³-hybridized carbons (Fsp3) is 0.500. The lowest BCUT2D eigenvalue weighted by Crippen LogP contribution is -2.24. The van der Waals surface area contributed by atoms with Crippen LogP contribution >= 0.6 is 0 Å². The number of nitrogen functional groups attached to an aromatic ring is 1. The van der Waals surface area contributed by atoms with E-state index >= 15 is 0 Å². The summed E-state index contributed by atoms with van der Waals surface area (Å²) in [4.78, 5) is 12.3. The Morgan fingerprint density at radius 2 is 2.29 bits per heavy atom. The largest absolute Gasteiger partial charge is 0.388 e. The van der Waals surface area contributed by atoms with E-state index in [1.54, 1.807) is 6.33 Å². The minimum Gasteiger partial charge on any atom is -0.388 e. The molecule has 3 heterocycles. The van der Waals surface area contributed by atoms with E-state index < -0.39 is 6.10 Å². The fourth-order valence-electron chi connectivity index (χ4n) is 2.63. The smallest absolute Gasteiger partial charge is 0.165 e. The van der Waals surface area contributed by atoms with Crippen LogP contribution in [0.3, 0.4) is 0 Å². The number of hydrogen-bond acceptors (Lipinski definition) is 6. The zero-order chi connectivity index (χ0) is 11.6. The van der Waals surface area contributed by atoms with E-state index in [2.05, 4.69) is 15.0 Å². The molecule has 1 saturated carbocycles. The van der Waals surface area contributed by atoms with Crippen molar-refractivity contribution in [2.24, 2.45) is 0 Å². The van der Waals surface area contributed by atoms with Crippen LogP contribution in [0.4, 0.5) is 5.82 Å². The molecule has 17 heavy (non-hydrogen) atoms. The monoisotopic (exact) mass is 233 g/mol. The Labute approximate surface area is 96.3 Å². The number of nitrogens with two attached hydrogens (primary N) is 1. The molecule has 2 aromatic rings. The topological polar surface area (TPSA) is 102 Å². The van der Waals surface area contributed by atoms with E-state index in [1.165, 1.54) is 6.33 Å². The van der Waals surface area contributed by atoms with Crippen molar-refractivity contribution in [1.29, 1.82) is 0 Å². The second-order valence-electron chi connectivity index (χ2n) is 4.52. The molecule has 2 aromatic heterocycles. The SMILES string of the molecule is Nc1ncnc2c1ncn2[C@@H]1C[C@H]2O[C@H]2[C@H]1O. The van der Waals surface area contributed by atoms with Crippen molar-refractivity contribution in [3.05, 3.63) is 12.7 Å². The minimum absolute atomic E-state index is 0.0170. The van der Waals surface area contributed by atoms with Gasteiger partial charge in [-0.2, -0.15) is 0 Å². The number of fused-ring (bicyclic) bond motifs is 2. The standard InChI is InChI=1S/C10H11N5O2/c11-9-6-10(13-2-12-9)15(3-14-6)4-1-5-8(17-5)7(4)16/h2-5,7-8,16H,1H2,(H2,11,12,13)/t4-,5-,7+,8-/m1/s1. The average molecular weight is 233 g/mol. The third kappa shape index (κ3) is 1.15. The summed E-state index contributed by atoms with van der Waals surface area (Å²) in [7, 11) is 0. The molecule has 0 radical (unpaired) electrons. The number of anilines is 1. The predicted molar refractivity (Wildman–Crippen MR) is 58.1 cm³/mol. The summed E-state index contributed by atoms with van der Waals surface area (Å²) in [6.45, 7) is 0. The van der Waals surface area contributed by atoms with Gasteiger partial charge in [0.1, 0.15) is 24.1 Å². The maximum Gasteiger partial charge on any atom is 0.165 e. The number of aromatic nitrogens is 4. The molecule has 4 rings (SSSR count). The number of imidazole rings is 1. The molecule has 1 aliphatic heterocycles. The molecule has 1 saturated heterocycles. The van der Waals surface area contributed by atoms with Gasteiger partial charge >= 0.3 is 0 Å². The lowest BCUT2D eigenvalue weighted by Gasteiger charge is -2.18. The molecule has 0 unspecified atom stereocenters. The number of hydrogen-bond donors (Lipinski definition) is 2. The molecule has 2 fully saturated rings. The van der Waals surface area contributed by atoms with Crippen molar-refractivity contribution >= 4 is 17.0 Å². The molecule has 0 spiro atoms. The number of aliphatic hydroxyl groups excluding tert-OH is 1. The van der Waals surface area contributed by atoms with Gasteiger partial charge in [0.15, 0.2) is 11.5 Å². The van der Waals surface area contributed by atoms with Crippen LogP contribution in [-0.4, -0.2) is 42.9 Å². The second kappa shape index (κ2) is 2.93. The Hall–Kier alpha value is -1.73. The number of ether oxygens (including phenoxy) is 1. The van der Waals surface area contributed by atoms with Gasteiger partial charge in [-0.15, -0.1) is 0 Å². The van der Waals surface area contributed by atoms with Crippen LogP contribution in [0.25, 0.3) is 11.2 Å². The molecular formula is C10H11N5O2. The molecule has 88 valence electrons. The highest BCUT2D eigenvalue weighted by atomic mass is 16.6. The van der Waals surface area contributed by atoms with Crippen LogP contribution in [0.5, 0.6) is 0 Å². The van der Waals surface area contributed by atoms with Gasteiger partial charge in [0, 0.05) is 0 Å². The number of rotatable bonds is 1. The first kappa shape index (κ1) is 9.32. The maximum absolute atomic E-state index is 10.1. The van der Waals surface area contributed by atoms with Gasteiger partial charge < -0.3 is 20.1 Å². The first-order valence-corrected chi connectivity index (χ1v) is 5.52. The van der Waals surface area contributed by atoms with Crippen molar-refractivity contribution in [3.63, 3.8) is 0 Å². The summed E-state index contributed by atoms with van der Waals surface area (Å²) in [5, 5.41) is 10.1. The summed E-state index contributed by atoms with van der Waals surface area (Å²) in [6, 6.07) is -0.0296. The molecule has 0 bridgehead atoms. The number of nitrogens with zero attached hydrogens (tertiary/aromatic N) is 4. The van der Waals surface area contributed by atoms with Gasteiger partial charge in [0.05, 0.1) is 18.5 Å². The van der Waals surface area contributed by atoms with Crippen LogP contribution in [0.1, 0.15) is 12.5 Å². The van der Waals surface area contributed by atoms with Crippen LogP contribution in [0, 0.1) is 0 Å². The summed E-state index contributed by atoms with van der Waals surface area (Å²) < 4.78 is 7.16. The van der Waals surface area contributed by atoms with Crippen molar-refractivity contribution < 1.29 is 9.84 Å². The lowest BCUT2D eigenvalue weighted by atomic mass is 10.2. The molecule has 7 nitrogen and oxygen atoms in total. The Kier molecular flexibility index (Phi) is 1.61. The van der Waals surface area contributed by atoms with Crippen molar-refractivity contribution in [2.45, 2.75) is 30.8 Å². The van der Waals surface area contributed by atoms with E-state index in [0.717, 1.165) is 6.42 Å². The Morgan fingerprint density at radius 3 is 3.06 bits per heavy atom. The van der Waals surface area contributed by atoms with Crippen LogP contribution in [-0.2, 0) is 4.74 Å². The molecule has 0 aromatic carbocycles. The average Bonchev–Trinajstić information content (AvgIpc) is 2.84. The van der Waals surface area contributed by atoms with Crippen molar-refractivity contribution in [2.75, 3.05) is 5.73 Å². The molecule has 0 amide bonds. The number of epoxide rings is 1. The second-order valence-corrected chi connectivity index (χ2v) is 4.52. The first-order chi connectivity index (χ1) is 8.25. The van der Waals surface area contributed by atoms with Gasteiger partial charge in [0.25, 0.3) is 0 Å². The van der Waals surface area contributed by atoms with E-state index in [9.17, 15) is 5.11 Å². The first-order valence-electron chi connectivity index (χ1n) is 5.52. The number of aliphatic hydroxyl groups is 1. The van der Waals surface area contributed by atoms with E-state index in [0.29, 0.717) is 17.0 Å². The van der Waals surface area contributed by atoms with Crippen LogP contribution < -0.4 is 5.73 Å². The molecular weight excluding hydrogens is 222 g/mol. The van der Waals surface area contributed by atoms with Crippen molar-refractivity contribution in [1.82, 2.24) is 19.5 Å². The maximum atomic E-state index is 10.1. The molecule has 1 aliphatic carbocycles. The Bertz CT molecular complexity index is 597. The summed E-state index contributed by atoms with van der Waals surface area (Å²) in [6.07, 6.45) is 3.54. The van der Waals surface area contributed by atoms with Crippen LogP contribution in [0.15, 0.2) is 12.7 Å². The molecule has 3 N–H and O–H groups in total. The van der Waals surface area contributed by atoms with E-state index in [1.807, 2.05) is 4.57 Å². The van der Waals surface area contributed by atoms with E-state index in [-0.39, 0.29) is 18.2 Å². The van der Waals surface area contributed by atoms with Gasteiger partial charge in [-0.3, -0.25) is 0 Å². The summed E-state index contributed by atoms with van der Waals surface area (Å²) in [5.41, 5.74) is 6.98. The lowest BCUT2D eigenvalue weighted by molar-refractivity contribution is 0.0756. The minimum atomic E-state index is -0.492. The van der Waals surface area contributed by atoms with Gasteiger partial charge in [0.2, 0.25) is 0 Å². The summed E-state index contributed by atoms with van der Waals surface area (Å²) in [5.74, 6) is 0.364. The highest BCUT2D eigenvalue weighted by Crippen LogP contribution is 2.45. The normalized spacial score (nSPS) is 35.1. The quantitative estimate of drug-likeness (QED) is 0.642. The highest BCUT2D eigenvalue weighted by Gasteiger charge is 2.56. The zero-order valence-corrected chi connectivity index (χ0v) is 8.89. The van der Waals surface area contributed by atoms with Gasteiger partial charge in [-0.05, 0) is 6.42 Å². The third-order valence-corrected chi connectivity index (χ3v) is 3.57. The van der Waals surface area contributed by atoms with Crippen molar-refractivity contribution in [3.8, 4) is 0 Å². The van der Waals surface area contributed by atoms with E-state index in [4.69, 9.17) is 10.5 Å². The third-order valence-electron chi connectivity index (χ3n) is 3.57. The zero-order valence-electron chi connectivity index (χ0n) is 8.89. The highest BCUT2D eigenvalue weighted by molar-refractivity contribution is 5.81. The molecule has 2 aliphatic rings. The van der Waals surface area contributed by atoms with Crippen LogP contribution in [0.2, 0.25) is 0 Å². The molecule has 7 heteroatoms. The molecule has 4 atom stereocenters. The summed E-state index contributed by atoms with van der Waals surface area (Å²) >= 11 is 0. The predicted octanol–water partition coefficient (Wildman–Crippen LogP) is -0.518. The Balaban J connectivity index is 1.84. The van der Waals surface area contributed by atoms with Gasteiger partial charge in [-0.25, -0.2) is 15.0 Å².